The highest BCUT2D eigenvalue weighted by molar-refractivity contribution is 5.93. The summed E-state index contributed by atoms with van der Waals surface area (Å²) in [6.07, 6.45) is 2.70. The second-order valence-electron chi connectivity index (χ2n) is 9.05. The third-order valence-electron chi connectivity index (χ3n) is 6.59. The predicted molar refractivity (Wildman–Crippen MR) is 123 cm³/mol. The van der Waals surface area contributed by atoms with E-state index >= 15 is 0 Å². The van der Waals surface area contributed by atoms with Crippen LogP contribution in [0.4, 0.5) is 4.39 Å². The third kappa shape index (κ3) is 5.62. The summed E-state index contributed by atoms with van der Waals surface area (Å²) in [7, 11) is 3.44. The van der Waals surface area contributed by atoms with Gasteiger partial charge < -0.3 is 18.9 Å². The molecule has 1 unspecified atom stereocenters. The number of nitrogens with zero attached hydrogens (tertiary/aromatic N) is 3. The van der Waals surface area contributed by atoms with Crippen LogP contribution in [0.2, 0.25) is 0 Å². The van der Waals surface area contributed by atoms with Gasteiger partial charge in [0.05, 0.1) is 13.7 Å². The first kappa shape index (κ1) is 23.4. The van der Waals surface area contributed by atoms with Crippen molar-refractivity contribution in [1.82, 2.24) is 14.4 Å². The smallest absolute Gasteiger partial charge is 0.343 e. The first-order valence-corrected chi connectivity index (χ1v) is 11.6. The van der Waals surface area contributed by atoms with Crippen molar-refractivity contribution in [2.24, 2.45) is 5.92 Å². The number of fused-ring (bicyclic) bond motifs is 1. The van der Waals surface area contributed by atoms with Gasteiger partial charge >= 0.3 is 5.97 Å². The molecule has 3 heterocycles. The highest BCUT2D eigenvalue weighted by Gasteiger charge is 2.27. The second-order valence-corrected chi connectivity index (χ2v) is 9.05. The van der Waals surface area contributed by atoms with Crippen molar-refractivity contribution in [3.05, 3.63) is 63.3 Å². The zero-order valence-corrected chi connectivity index (χ0v) is 19.4. The molecule has 0 amide bonds. The third-order valence-corrected chi connectivity index (χ3v) is 6.59. The summed E-state index contributed by atoms with van der Waals surface area (Å²) in [6, 6.07) is 7.88. The molecule has 0 bridgehead atoms. The number of aromatic nitrogens is 1. The molecular formula is C25H32FN3O4. The van der Waals surface area contributed by atoms with Crippen LogP contribution in [0.3, 0.4) is 0 Å². The maximum atomic E-state index is 13.2. The number of hydrogen-bond donors (Lipinski definition) is 0. The molecule has 2 aromatic rings. The molecule has 1 saturated heterocycles. The zero-order valence-electron chi connectivity index (χ0n) is 19.4. The molecule has 1 aromatic heterocycles. The van der Waals surface area contributed by atoms with Gasteiger partial charge in [-0.25, -0.2) is 9.18 Å². The minimum absolute atomic E-state index is 0.169. The number of hydrogen-bond acceptors (Lipinski definition) is 6. The first-order valence-electron chi connectivity index (χ1n) is 11.6. The van der Waals surface area contributed by atoms with Crippen molar-refractivity contribution in [3.8, 4) is 5.75 Å². The Morgan fingerprint density at radius 1 is 1.15 bits per heavy atom. The van der Waals surface area contributed by atoms with Crippen LogP contribution < -0.4 is 10.3 Å². The molecule has 2 aliphatic rings. The van der Waals surface area contributed by atoms with Gasteiger partial charge in [0.25, 0.3) is 5.56 Å². The predicted octanol–water partition coefficient (Wildman–Crippen LogP) is 2.55. The summed E-state index contributed by atoms with van der Waals surface area (Å²) in [5, 5.41) is 0. The maximum Gasteiger partial charge on any atom is 0.343 e. The summed E-state index contributed by atoms with van der Waals surface area (Å²) in [5.74, 6) is -0.0643. The van der Waals surface area contributed by atoms with Crippen LogP contribution in [-0.2, 0) is 24.2 Å². The van der Waals surface area contributed by atoms with Crippen LogP contribution in [0.5, 0.6) is 5.75 Å². The number of pyridine rings is 1. The molecule has 1 atom stereocenters. The second kappa shape index (κ2) is 10.5. The van der Waals surface area contributed by atoms with Crippen molar-refractivity contribution in [2.75, 3.05) is 46.9 Å². The number of benzene rings is 1. The standard InChI is InChI=1S/C25H32FN3O4/c1-27-10-3-4-19(15-27)17-33-22-14-23(30)29-13-12-28(16-18-5-7-20(26)8-6-18)11-9-21(29)24(22)25(31)32-2/h5-8,14,19H,3-4,9-13,15-17H2,1-2H3. The highest BCUT2D eigenvalue weighted by Crippen LogP contribution is 2.26. The van der Waals surface area contributed by atoms with Gasteiger partial charge in [-0.2, -0.15) is 0 Å². The van der Waals surface area contributed by atoms with Crippen LogP contribution in [0.25, 0.3) is 0 Å². The summed E-state index contributed by atoms with van der Waals surface area (Å²) in [5.41, 5.74) is 1.85. The molecule has 4 rings (SSSR count). The van der Waals surface area contributed by atoms with Gasteiger partial charge in [-0.1, -0.05) is 12.1 Å². The lowest BCUT2D eigenvalue weighted by Gasteiger charge is -2.29. The van der Waals surface area contributed by atoms with E-state index in [4.69, 9.17) is 9.47 Å². The van der Waals surface area contributed by atoms with Gasteiger partial charge in [-0.05, 0) is 44.1 Å². The molecule has 1 fully saturated rings. The summed E-state index contributed by atoms with van der Waals surface area (Å²) < 4.78 is 26.1. The Hall–Kier alpha value is -2.71. The Labute approximate surface area is 193 Å². The van der Waals surface area contributed by atoms with Crippen molar-refractivity contribution in [2.45, 2.75) is 32.4 Å². The number of halogens is 1. The number of carbonyl (C=O) groups is 1. The first-order chi connectivity index (χ1) is 15.9. The molecule has 0 spiro atoms. The average molecular weight is 458 g/mol. The van der Waals surface area contributed by atoms with Gasteiger partial charge in [0, 0.05) is 56.8 Å². The van der Waals surface area contributed by atoms with Gasteiger partial charge in [0.1, 0.15) is 17.1 Å². The van der Waals surface area contributed by atoms with Gasteiger partial charge in [-0.3, -0.25) is 9.69 Å². The number of ether oxygens (including phenoxy) is 2. The van der Waals surface area contributed by atoms with Crippen LogP contribution >= 0.6 is 0 Å². The van der Waals surface area contributed by atoms with E-state index in [0.717, 1.165) is 31.5 Å². The number of methoxy groups -OCH3 is 1. The van der Waals surface area contributed by atoms with E-state index in [2.05, 4.69) is 16.8 Å². The summed E-state index contributed by atoms with van der Waals surface area (Å²) in [4.78, 5) is 30.2. The summed E-state index contributed by atoms with van der Waals surface area (Å²) in [6.45, 7) is 4.92. The molecule has 0 N–H and O–H groups in total. The molecule has 0 saturated carbocycles. The zero-order chi connectivity index (χ0) is 23.4. The average Bonchev–Trinajstić information content (AvgIpc) is 3.02. The topological polar surface area (TPSA) is 64.0 Å². The number of rotatable bonds is 6. The van der Waals surface area contributed by atoms with E-state index in [0.29, 0.717) is 62.1 Å². The van der Waals surface area contributed by atoms with E-state index in [1.54, 1.807) is 16.7 Å². The Morgan fingerprint density at radius 3 is 2.67 bits per heavy atom. The number of carbonyl (C=O) groups excluding carboxylic acids is 1. The molecule has 33 heavy (non-hydrogen) atoms. The molecular weight excluding hydrogens is 425 g/mol. The Balaban J connectivity index is 1.55. The Bertz CT molecular complexity index is 1040. The molecule has 7 nitrogen and oxygen atoms in total. The fourth-order valence-electron chi connectivity index (χ4n) is 4.85. The van der Waals surface area contributed by atoms with Gasteiger partial charge in [-0.15, -0.1) is 0 Å². The van der Waals surface area contributed by atoms with Crippen LogP contribution in [0.15, 0.2) is 35.1 Å². The lowest BCUT2D eigenvalue weighted by Crippen LogP contribution is -2.35. The SMILES string of the molecule is COC(=O)c1c(OCC2CCCN(C)C2)cc(=O)n2c1CCN(Cc1ccc(F)cc1)CC2. The van der Waals surface area contributed by atoms with Crippen molar-refractivity contribution in [3.63, 3.8) is 0 Å². The molecule has 2 aliphatic heterocycles. The Morgan fingerprint density at radius 2 is 1.94 bits per heavy atom. The van der Waals surface area contributed by atoms with E-state index in [9.17, 15) is 14.0 Å². The highest BCUT2D eigenvalue weighted by atomic mass is 19.1. The Kier molecular flexibility index (Phi) is 7.45. The lowest BCUT2D eigenvalue weighted by molar-refractivity contribution is 0.0590. The van der Waals surface area contributed by atoms with Crippen molar-refractivity contribution >= 4 is 5.97 Å². The minimum Gasteiger partial charge on any atom is -0.492 e. The number of likely N-dealkylation sites (tertiary alicyclic amines) is 1. The van der Waals surface area contributed by atoms with Crippen LogP contribution in [-0.4, -0.2) is 67.3 Å². The molecule has 8 heteroatoms. The normalized spacial score (nSPS) is 19.5. The maximum absolute atomic E-state index is 13.2. The molecule has 0 radical (unpaired) electrons. The molecule has 1 aromatic carbocycles. The van der Waals surface area contributed by atoms with Crippen molar-refractivity contribution < 1.29 is 18.7 Å². The van der Waals surface area contributed by atoms with Gasteiger partial charge in [0.15, 0.2) is 0 Å². The number of piperidine rings is 1. The van der Waals surface area contributed by atoms with Crippen LogP contribution in [0, 0.1) is 11.7 Å². The van der Waals surface area contributed by atoms with Gasteiger partial charge in [0.2, 0.25) is 0 Å². The van der Waals surface area contributed by atoms with Crippen molar-refractivity contribution in [1.29, 1.82) is 0 Å². The fourth-order valence-corrected chi connectivity index (χ4v) is 4.85. The minimum atomic E-state index is -0.485. The number of esters is 1. The monoisotopic (exact) mass is 457 g/mol. The molecule has 0 aliphatic carbocycles. The molecule has 178 valence electrons. The van der Waals surface area contributed by atoms with E-state index < -0.39 is 5.97 Å². The lowest BCUT2D eigenvalue weighted by atomic mass is 9.99. The van der Waals surface area contributed by atoms with E-state index in [1.165, 1.54) is 25.3 Å². The van der Waals surface area contributed by atoms with Crippen LogP contribution in [0.1, 0.15) is 34.5 Å². The van der Waals surface area contributed by atoms with E-state index in [1.807, 2.05) is 0 Å². The fraction of sp³-hybridized carbons (Fsp3) is 0.520. The largest absolute Gasteiger partial charge is 0.492 e. The summed E-state index contributed by atoms with van der Waals surface area (Å²) >= 11 is 0. The quantitative estimate of drug-likeness (QED) is 0.622. The van der Waals surface area contributed by atoms with E-state index in [-0.39, 0.29) is 11.4 Å².